The van der Waals surface area contributed by atoms with Crippen LogP contribution in [0.5, 0.6) is 0 Å². The van der Waals surface area contributed by atoms with Gasteiger partial charge in [-0.1, -0.05) is 25.4 Å². The van der Waals surface area contributed by atoms with Crippen molar-refractivity contribution >= 4 is 5.91 Å². The zero-order valence-corrected chi connectivity index (χ0v) is 13.6. The molecule has 1 aromatic heterocycles. The number of likely N-dealkylation sites (tertiary alicyclic amines) is 2. The smallest absolute Gasteiger partial charge is 0.244 e. The van der Waals surface area contributed by atoms with Gasteiger partial charge in [0, 0.05) is 32.0 Å². The molecule has 6 heteroatoms. The second-order valence-corrected chi connectivity index (χ2v) is 6.68. The first-order chi connectivity index (χ1) is 10.6. The molecule has 0 aromatic carbocycles. The van der Waals surface area contributed by atoms with Crippen molar-refractivity contribution in [2.75, 3.05) is 26.2 Å². The van der Waals surface area contributed by atoms with E-state index in [0.717, 1.165) is 50.7 Å². The largest absolute Gasteiger partial charge is 0.341 e. The van der Waals surface area contributed by atoms with E-state index in [1.54, 1.807) is 0 Å². The normalized spacial score (nSPS) is 23.7. The maximum Gasteiger partial charge on any atom is 0.244 e. The standard InChI is InChI=1S/C16H26N4O2/c1-12(2)15-17-16(22-18-15)13-6-3-4-8-19(13)10-11-20-9-5-7-14(20)21/h12-13H,3-11H2,1-2H3/t13-/m0/s1. The van der Waals surface area contributed by atoms with Crippen LogP contribution in [0.25, 0.3) is 0 Å². The molecular weight excluding hydrogens is 280 g/mol. The Balaban J connectivity index is 1.63. The highest BCUT2D eigenvalue weighted by Crippen LogP contribution is 2.30. The quantitative estimate of drug-likeness (QED) is 0.835. The molecule has 1 aromatic rings. The van der Waals surface area contributed by atoms with Crippen molar-refractivity contribution in [3.63, 3.8) is 0 Å². The van der Waals surface area contributed by atoms with Crippen molar-refractivity contribution < 1.29 is 9.32 Å². The van der Waals surface area contributed by atoms with Crippen LogP contribution >= 0.6 is 0 Å². The number of piperidine rings is 1. The van der Waals surface area contributed by atoms with Crippen LogP contribution in [0.2, 0.25) is 0 Å². The highest BCUT2D eigenvalue weighted by molar-refractivity contribution is 5.78. The van der Waals surface area contributed by atoms with Gasteiger partial charge in [-0.2, -0.15) is 4.98 Å². The second kappa shape index (κ2) is 6.77. The minimum absolute atomic E-state index is 0.214. The fourth-order valence-corrected chi connectivity index (χ4v) is 3.35. The van der Waals surface area contributed by atoms with E-state index in [0.29, 0.717) is 12.3 Å². The molecular formula is C16H26N4O2. The highest BCUT2D eigenvalue weighted by Gasteiger charge is 2.30. The van der Waals surface area contributed by atoms with Gasteiger partial charge in [-0.25, -0.2) is 0 Å². The van der Waals surface area contributed by atoms with Crippen LogP contribution in [0.4, 0.5) is 0 Å². The molecule has 0 unspecified atom stereocenters. The number of carbonyl (C=O) groups excluding carboxylic acids is 1. The predicted molar refractivity (Wildman–Crippen MR) is 82.4 cm³/mol. The molecule has 0 saturated carbocycles. The summed E-state index contributed by atoms with van der Waals surface area (Å²) in [4.78, 5) is 20.7. The Morgan fingerprint density at radius 3 is 2.77 bits per heavy atom. The van der Waals surface area contributed by atoms with Gasteiger partial charge in [-0.05, 0) is 25.8 Å². The molecule has 0 radical (unpaired) electrons. The molecule has 6 nitrogen and oxygen atoms in total. The number of hydrogen-bond acceptors (Lipinski definition) is 5. The zero-order chi connectivity index (χ0) is 15.5. The van der Waals surface area contributed by atoms with Gasteiger partial charge in [0.1, 0.15) is 0 Å². The fraction of sp³-hybridized carbons (Fsp3) is 0.812. The number of aromatic nitrogens is 2. The van der Waals surface area contributed by atoms with Gasteiger partial charge in [0.2, 0.25) is 11.8 Å². The minimum Gasteiger partial charge on any atom is -0.341 e. The molecule has 3 heterocycles. The van der Waals surface area contributed by atoms with Crippen molar-refractivity contribution in [3.8, 4) is 0 Å². The Hall–Kier alpha value is -1.43. The van der Waals surface area contributed by atoms with Gasteiger partial charge in [0.25, 0.3) is 0 Å². The van der Waals surface area contributed by atoms with E-state index in [4.69, 9.17) is 4.52 Å². The van der Waals surface area contributed by atoms with E-state index in [9.17, 15) is 4.79 Å². The van der Waals surface area contributed by atoms with Gasteiger partial charge < -0.3 is 9.42 Å². The number of carbonyl (C=O) groups is 1. The first kappa shape index (κ1) is 15.5. The first-order valence-electron chi connectivity index (χ1n) is 8.50. The van der Waals surface area contributed by atoms with Crippen LogP contribution < -0.4 is 0 Å². The average molecular weight is 306 g/mol. The molecule has 1 atom stereocenters. The Labute approximate surface area is 131 Å². The van der Waals surface area contributed by atoms with Crippen LogP contribution in [-0.2, 0) is 4.79 Å². The molecule has 0 bridgehead atoms. The van der Waals surface area contributed by atoms with Gasteiger partial charge in [-0.15, -0.1) is 0 Å². The lowest BCUT2D eigenvalue weighted by Crippen LogP contribution is -2.40. The molecule has 122 valence electrons. The molecule has 22 heavy (non-hydrogen) atoms. The Morgan fingerprint density at radius 2 is 2.09 bits per heavy atom. The van der Waals surface area contributed by atoms with Crippen LogP contribution in [0.15, 0.2) is 4.52 Å². The maximum atomic E-state index is 11.7. The van der Waals surface area contributed by atoms with Crippen LogP contribution in [0.3, 0.4) is 0 Å². The molecule has 0 aliphatic carbocycles. The maximum absolute atomic E-state index is 11.7. The van der Waals surface area contributed by atoms with Crippen molar-refractivity contribution in [1.29, 1.82) is 0 Å². The molecule has 2 saturated heterocycles. The van der Waals surface area contributed by atoms with Crippen molar-refractivity contribution in [2.45, 2.75) is 57.9 Å². The third-order valence-electron chi connectivity index (χ3n) is 4.70. The van der Waals surface area contributed by atoms with E-state index >= 15 is 0 Å². The van der Waals surface area contributed by atoms with Crippen molar-refractivity contribution in [1.82, 2.24) is 19.9 Å². The minimum atomic E-state index is 0.214. The monoisotopic (exact) mass is 306 g/mol. The molecule has 0 N–H and O–H groups in total. The summed E-state index contributed by atoms with van der Waals surface area (Å²) in [5.74, 6) is 2.12. The summed E-state index contributed by atoms with van der Waals surface area (Å²) in [6, 6.07) is 0.214. The summed E-state index contributed by atoms with van der Waals surface area (Å²) in [5.41, 5.74) is 0. The summed E-state index contributed by atoms with van der Waals surface area (Å²) < 4.78 is 5.51. The molecule has 2 fully saturated rings. The predicted octanol–water partition coefficient (Wildman–Crippen LogP) is 2.34. The van der Waals surface area contributed by atoms with Crippen LogP contribution in [0, 0.1) is 0 Å². The Bertz CT molecular complexity index is 514. The Morgan fingerprint density at radius 1 is 1.23 bits per heavy atom. The van der Waals surface area contributed by atoms with Gasteiger partial charge in [0.05, 0.1) is 6.04 Å². The fourth-order valence-electron chi connectivity index (χ4n) is 3.35. The molecule has 3 rings (SSSR count). The molecule has 0 spiro atoms. The van der Waals surface area contributed by atoms with Crippen molar-refractivity contribution in [2.24, 2.45) is 0 Å². The second-order valence-electron chi connectivity index (χ2n) is 6.68. The summed E-state index contributed by atoms with van der Waals surface area (Å²) in [5, 5.41) is 4.10. The Kier molecular flexibility index (Phi) is 4.76. The van der Waals surface area contributed by atoms with Crippen LogP contribution in [0.1, 0.15) is 69.6 Å². The average Bonchev–Trinajstić information content (AvgIpc) is 3.14. The van der Waals surface area contributed by atoms with Gasteiger partial charge in [0.15, 0.2) is 5.82 Å². The first-order valence-corrected chi connectivity index (χ1v) is 8.50. The van der Waals surface area contributed by atoms with Crippen LogP contribution in [-0.4, -0.2) is 52.0 Å². The van der Waals surface area contributed by atoms with E-state index < -0.39 is 0 Å². The van der Waals surface area contributed by atoms with E-state index in [1.807, 2.05) is 4.90 Å². The highest BCUT2D eigenvalue weighted by atomic mass is 16.5. The molecule has 1 amide bonds. The van der Waals surface area contributed by atoms with Crippen molar-refractivity contribution in [3.05, 3.63) is 11.7 Å². The summed E-state index contributed by atoms with van der Waals surface area (Å²) in [6.07, 6.45) is 5.18. The summed E-state index contributed by atoms with van der Waals surface area (Å²) in [7, 11) is 0. The number of hydrogen-bond donors (Lipinski definition) is 0. The SMILES string of the molecule is CC(C)c1noc([C@@H]2CCCCN2CCN2CCCC2=O)n1. The topological polar surface area (TPSA) is 62.5 Å². The lowest BCUT2D eigenvalue weighted by atomic mass is 10.0. The molecule has 2 aliphatic heterocycles. The lowest BCUT2D eigenvalue weighted by molar-refractivity contribution is -0.128. The van der Waals surface area contributed by atoms with E-state index in [-0.39, 0.29) is 12.0 Å². The van der Waals surface area contributed by atoms with Gasteiger partial charge >= 0.3 is 0 Å². The third-order valence-corrected chi connectivity index (χ3v) is 4.70. The number of nitrogens with zero attached hydrogens (tertiary/aromatic N) is 4. The molecule has 2 aliphatic rings. The summed E-state index contributed by atoms with van der Waals surface area (Å²) >= 11 is 0. The number of rotatable bonds is 5. The number of amides is 1. The van der Waals surface area contributed by atoms with E-state index in [2.05, 4.69) is 28.9 Å². The summed E-state index contributed by atoms with van der Waals surface area (Å²) in [6.45, 7) is 7.83. The van der Waals surface area contributed by atoms with E-state index in [1.165, 1.54) is 12.8 Å². The van der Waals surface area contributed by atoms with Gasteiger partial charge in [-0.3, -0.25) is 9.69 Å². The lowest BCUT2D eigenvalue weighted by Gasteiger charge is -2.34. The third kappa shape index (κ3) is 3.32. The zero-order valence-electron chi connectivity index (χ0n) is 13.6.